The Kier molecular flexibility index (Phi) is 2.35. The maximum absolute atomic E-state index is 11.9. The van der Waals surface area contributed by atoms with E-state index in [-0.39, 0.29) is 17.9 Å². The molecule has 88 valence electrons. The van der Waals surface area contributed by atoms with Gasteiger partial charge in [0.1, 0.15) is 6.61 Å². The van der Waals surface area contributed by atoms with Crippen LogP contribution in [-0.2, 0) is 9.53 Å². The van der Waals surface area contributed by atoms with E-state index >= 15 is 0 Å². The van der Waals surface area contributed by atoms with Gasteiger partial charge in [-0.1, -0.05) is 30.3 Å². The summed E-state index contributed by atoms with van der Waals surface area (Å²) in [5.74, 6) is 0.0945. The molecule has 4 nitrogen and oxygen atoms in total. The molecule has 0 radical (unpaired) electrons. The zero-order chi connectivity index (χ0) is 11.8. The summed E-state index contributed by atoms with van der Waals surface area (Å²) in [7, 11) is 0. The van der Waals surface area contributed by atoms with Crippen molar-refractivity contribution in [2.75, 3.05) is 6.61 Å². The highest BCUT2D eigenvalue weighted by molar-refractivity contribution is 5.94. The van der Waals surface area contributed by atoms with Crippen LogP contribution in [0.25, 0.3) is 0 Å². The molecule has 2 aliphatic rings. The Morgan fingerprint density at radius 1 is 1.18 bits per heavy atom. The van der Waals surface area contributed by atoms with E-state index in [1.54, 1.807) is 0 Å². The molecule has 0 bridgehead atoms. The van der Waals surface area contributed by atoms with Gasteiger partial charge >= 0.3 is 6.09 Å². The number of rotatable bonds is 1. The van der Waals surface area contributed by atoms with Crippen molar-refractivity contribution in [3.8, 4) is 0 Å². The van der Waals surface area contributed by atoms with Crippen molar-refractivity contribution in [3.05, 3.63) is 35.9 Å². The molecule has 17 heavy (non-hydrogen) atoms. The minimum atomic E-state index is -0.480. The number of imide groups is 1. The third-order valence-electron chi connectivity index (χ3n) is 3.48. The standard InChI is InChI=1S/C13H13NO3/c15-12-7-10(9-4-2-1-3-5-9)6-11-8-17-13(16)14(11)12/h1-5,10-11H,6-8H2/t10-,11+/m1/s1. The van der Waals surface area contributed by atoms with Gasteiger partial charge in [-0.25, -0.2) is 9.69 Å². The number of hydrogen-bond acceptors (Lipinski definition) is 3. The maximum Gasteiger partial charge on any atom is 0.416 e. The third-order valence-corrected chi connectivity index (χ3v) is 3.48. The van der Waals surface area contributed by atoms with E-state index < -0.39 is 6.09 Å². The predicted octanol–water partition coefficient (Wildman–Crippen LogP) is 1.91. The van der Waals surface area contributed by atoms with Crippen molar-refractivity contribution < 1.29 is 14.3 Å². The van der Waals surface area contributed by atoms with Crippen LogP contribution in [0.5, 0.6) is 0 Å². The molecule has 2 aliphatic heterocycles. The van der Waals surface area contributed by atoms with Crippen LogP contribution >= 0.6 is 0 Å². The minimum absolute atomic E-state index is 0.0750. The largest absolute Gasteiger partial charge is 0.447 e. The van der Waals surface area contributed by atoms with Crippen molar-refractivity contribution in [3.63, 3.8) is 0 Å². The zero-order valence-electron chi connectivity index (χ0n) is 9.33. The van der Waals surface area contributed by atoms with Gasteiger partial charge in [0.05, 0.1) is 6.04 Å². The number of ether oxygens (including phenoxy) is 1. The fourth-order valence-electron chi connectivity index (χ4n) is 2.64. The van der Waals surface area contributed by atoms with E-state index in [0.717, 1.165) is 6.42 Å². The van der Waals surface area contributed by atoms with Crippen LogP contribution < -0.4 is 0 Å². The molecule has 3 rings (SSSR count). The van der Waals surface area contributed by atoms with Crippen molar-refractivity contribution in [2.45, 2.75) is 24.8 Å². The topological polar surface area (TPSA) is 46.6 Å². The van der Waals surface area contributed by atoms with E-state index in [0.29, 0.717) is 13.0 Å². The number of piperidine rings is 1. The number of amides is 2. The molecular formula is C13H13NO3. The smallest absolute Gasteiger partial charge is 0.416 e. The fourth-order valence-corrected chi connectivity index (χ4v) is 2.64. The first-order valence-electron chi connectivity index (χ1n) is 5.79. The van der Waals surface area contributed by atoms with E-state index in [4.69, 9.17) is 4.74 Å². The van der Waals surface area contributed by atoms with Gasteiger partial charge in [0.25, 0.3) is 0 Å². The number of nitrogens with zero attached hydrogens (tertiary/aromatic N) is 1. The molecule has 0 N–H and O–H groups in total. The number of carbonyl (C=O) groups is 2. The van der Waals surface area contributed by atoms with Gasteiger partial charge in [0, 0.05) is 6.42 Å². The SMILES string of the molecule is O=C1C[C@H](c2ccccc2)C[C@H]2COC(=O)N12. The van der Waals surface area contributed by atoms with Gasteiger partial charge in [-0.05, 0) is 17.9 Å². The van der Waals surface area contributed by atoms with Crippen LogP contribution in [0.15, 0.2) is 30.3 Å². The van der Waals surface area contributed by atoms with Gasteiger partial charge < -0.3 is 4.74 Å². The van der Waals surface area contributed by atoms with Crippen LogP contribution in [0.1, 0.15) is 24.3 Å². The summed E-state index contributed by atoms with van der Waals surface area (Å²) >= 11 is 0. The number of cyclic esters (lactones) is 1. The Labute approximate surface area is 99.2 Å². The number of fused-ring (bicyclic) bond motifs is 1. The highest BCUT2D eigenvalue weighted by Crippen LogP contribution is 2.34. The van der Waals surface area contributed by atoms with Crippen molar-refractivity contribution >= 4 is 12.0 Å². The molecule has 1 aromatic carbocycles. The molecule has 2 amide bonds. The fraction of sp³-hybridized carbons (Fsp3) is 0.385. The van der Waals surface area contributed by atoms with E-state index in [2.05, 4.69) is 0 Å². The molecule has 2 heterocycles. The van der Waals surface area contributed by atoms with Crippen LogP contribution in [0.3, 0.4) is 0 Å². The van der Waals surface area contributed by atoms with Crippen molar-refractivity contribution in [1.82, 2.24) is 4.90 Å². The summed E-state index contributed by atoms with van der Waals surface area (Å²) in [6, 6.07) is 9.90. The van der Waals surface area contributed by atoms with Crippen molar-refractivity contribution in [1.29, 1.82) is 0 Å². The molecule has 1 aromatic rings. The Morgan fingerprint density at radius 2 is 1.94 bits per heavy atom. The van der Waals surface area contributed by atoms with E-state index in [9.17, 15) is 9.59 Å². The second-order valence-electron chi connectivity index (χ2n) is 4.54. The number of carbonyl (C=O) groups excluding carboxylic acids is 2. The molecule has 0 aliphatic carbocycles. The first-order valence-corrected chi connectivity index (χ1v) is 5.79. The average molecular weight is 231 g/mol. The lowest BCUT2D eigenvalue weighted by atomic mass is 9.85. The first-order chi connectivity index (χ1) is 8.25. The summed E-state index contributed by atoms with van der Waals surface area (Å²) in [5.41, 5.74) is 1.17. The lowest BCUT2D eigenvalue weighted by Crippen LogP contribution is -2.44. The molecule has 0 unspecified atom stereocenters. The minimum Gasteiger partial charge on any atom is -0.447 e. The van der Waals surface area contributed by atoms with Crippen LogP contribution in [-0.4, -0.2) is 29.5 Å². The Morgan fingerprint density at radius 3 is 2.71 bits per heavy atom. The van der Waals surface area contributed by atoms with Gasteiger partial charge in [-0.3, -0.25) is 4.79 Å². The van der Waals surface area contributed by atoms with Crippen LogP contribution in [0.2, 0.25) is 0 Å². The molecule has 2 atom stereocenters. The molecule has 0 saturated carbocycles. The molecule has 0 spiro atoms. The van der Waals surface area contributed by atoms with Gasteiger partial charge in [-0.2, -0.15) is 0 Å². The molecule has 0 aromatic heterocycles. The summed E-state index contributed by atoms with van der Waals surface area (Å²) in [4.78, 5) is 24.5. The van der Waals surface area contributed by atoms with Gasteiger partial charge in [0.15, 0.2) is 0 Å². The summed E-state index contributed by atoms with van der Waals surface area (Å²) in [6.07, 6.45) is 0.725. The van der Waals surface area contributed by atoms with Gasteiger partial charge in [0.2, 0.25) is 5.91 Å². The lowest BCUT2D eigenvalue weighted by Gasteiger charge is -2.30. The average Bonchev–Trinajstić information content (AvgIpc) is 2.73. The van der Waals surface area contributed by atoms with E-state index in [1.165, 1.54) is 10.5 Å². The number of benzene rings is 1. The monoisotopic (exact) mass is 231 g/mol. The Bertz CT molecular complexity index is 457. The Hall–Kier alpha value is -1.84. The van der Waals surface area contributed by atoms with Crippen LogP contribution in [0, 0.1) is 0 Å². The molecular weight excluding hydrogens is 218 g/mol. The Balaban J connectivity index is 1.84. The highest BCUT2D eigenvalue weighted by atomic mass is 16.6. The second kappa shape index (κ2) is 3.87. The maximum atomic E-state index is 11.9. The first kappa shape index (κ1) is 10.3. The highest BCUT2D eigenvalue weighted by Gasteiger charge is 2.43. The summed E-state index contributed by atoms with van der Waals surface area (Å²) in [5, 5.41) is 0. The lowest BCUT2D eigenvalue weighted by molar-refractivity contribution is -0.131. The molecule has 2 fully saturated rings. The van der Waals surface area contributed by atoms with Crippen LogP contribution in [0.4, 0.5) is 4.79 Å². The summed E-state index contributed by atoms with van der Waals surface area (Å²) in [6.45, 7) is 0.341. The van der Waals surface area contributed by atoms with E-state index in [1.807, 2.05) is 30.3 Å². The van der Waals surface area contributed by atoms with Gasteiger partial charge in [-0.15, -0.1) is 0 Å². The normalized spacial score (nSPS) is 27.9. The quantitative estimate of drug-likeness (QED) is 0.741. The predicted molar refractivity (Wildman–Crippen MR) is 60.4 cm³/mol. The zero-order valence-corrected chi connectivity index (χ0v) is 9.33. The second-order valence-corrected chi connectivity index (χ2v) is 4.54. The third kappa shape index (κ3) is 1.69. The summed E-state index contributed by atoms with van der Waals surface area (Å²) < 4.78 is 4.92. The molecule has 2 saturated heterocycles. The number of hydrogen-bond donors (Lipinski definition) is 0. The molecule has 4 heteroatoms. The van der Waals surface area contributed by atoms with Crippen molar-refractivity contribution in [2.24, 2.45) is 0 Å².